The van der Waals surface area contributed by atoms with Gasteiger partial charge in [0.2, 0.25) is 0 Å². The van der Waals surface area contributed by atoms with E-state index < -0.39 is 5.97 Å². The molecule has 0 aliphatic carbocycles. The zero-order valence-corrected chi connectivity index (χ0v) is 11.2. The highest BCUT2D eigenvalue weighted by atomic mass is 35.5. The third kappa shape index (κ3) is 2.51. The lowest BCUT2D eigenvalue weighted by Crippen LogP contribution is -2.12. The number of rotatable bonds is 2. The van der Waals surface area contributed by atoms with Gasteiger partial charge in [0.05, 0.1) is 17.8 Å². The van der Waals surface area contributed by atoms with E-state index in [0.717, 1.165) is 0 Å². The first-order valence-corrected chi connectivity index (χ1v) is 5.89. The van der Waals surface area contributed by atoms with Crippen molar-refractivity contribution < 1.29 is 9.53 Å². The normalized spacial score (nSPS) is 10.3. The number of aryl methyl sites for hydroxylation is 1. The van der Waals surface area contributed by atoms with Crippen molar-refractivity contribution >= 4 is 23.4 Å². The van der Waals surface area contributed by atoms with E-state index >= 15 is 0 Å². The van der Waals surface area contributed by atoms with Gasteiger partial charge in [-0.3, -0.25) is 0 Å². The van der Waals surface area contributed by atoms with Crippen LogP contribution in [-0.4, -0.2) is 23.0 Å². The van der Waals surface area contributed by atoms with Crippen molar-refractivity contribution in [3.05, 3.63) is 40.5 Å². The molecule has 6 heteroatoms. The fourth-order valence-electron chi connectivity index (χ4n) is 1.71. The molecule has 0 aliphatic heterocycles. The summed E-state index contributed by atoms with van der Waals surface area (Å²) in [6, 6.07) is 7.16. The molecule has 0 bridgehead atoms. The fraction of sp³-hybridized carbons (Fsp3) is 0.154. The average molecular weight is 278 g/mol. The Labute approximate surface area is 115 Å². The summed E-state index contributed by atoms with van der Waals surface area (Å²) in [6.45, 7) is 1.67. The van der Waals surface area contributed by atoms with E-state index in [-0.39, 0.29) is 11.4 Å². The molecule has 1 aromatic heterocycles. The molecule has 0 saturated heterocycles. The van der Waals surface area contributed by atoms with Crippen LogP contribution >= 0.6 is 11.6 Å². The van der Waals surface area contributed by atoms with Crippen LogP contribution in [-0.2, 0) is 4.74 Å². The van der Waals surface area contributed by atoms with Gasteiger partial charge in [-0.2, -0.15) is 0 Å². The minimum Gasteiger partial charge on any atom is -0.465 e. The van der Waals surface area contributed by atoms with Gasteiger partial charge in [-0.15, -0.1) is 0 Å². The molecular weight excluding hydrogens is 266 g/mol. The molecule has 1 heterocycles. The maximum absolute atomic E-state index is 11.6. The van der Waals surface area contributed by atoms with Gasteiger partial charge in [0.1, 0.15) is 11.4 Å². The van der Waals surface area contributed by atoms with E-state index in [4.69, 9.17) is 17.3 Å². The molecule has 0 radical (unpaired) electrons. The van der Waals surface area contributed by atoms with Gasteiger partial charge in [0.15, 0.2) is 5.82 Å². The van der Waals surface area contributed by atoms with E-state index in [0.29, 0.717) is 22.1 Å². The van der Waals surface area contributed by atoms with Crippen LogP contribution < -0.4 is 5.73 Å². The lowest BCUT2D eigenvalue weighted by Gasteiger charge is -2.09. The highest BCUT2D eigenvalue weighted by Crippen LogP contribution is 2.26. The number of anilines is 1. The number of methoxy groups -OCH3 is 1. The largest absolute Gasteiger partial charge is 0.465 e. The van der Waals surface area contributed by atoms with Gasteiger partial charge in [-0.05, 0) is 19.1 Å². The predicted octanol–water partition coefficient (Wildman–Crippen LogP) is 2.47. The van der Waals surface area contributed by atoms with Crippen molar-refractivity contribution in [3.8, 4) is 11.4 Å². The van der Waals surface area contributed by atoms with Crippen molar-refractivity contribution in [2.75, 3.05) is 12.8 Å². The molecule has 0 saturated carbocycles. The molecule has 2 N–H and O–H groups in total. The molecule has 98 valence electrons. The third-order valence-corrected chi connectivity index (χ3v) is 2.95. The Morgan fingerprint density at radius 3 is 2.58 bits per heavy atom. The number of carbonyl (C=O) groups excluding carboxylic acids is 1. The monoisotopic (exact) mass is 277 g/mol. The zero-order valence-electron chi connectivity index (χ0n) is 10.5. The van der Waals surface area contributed by atoms with E-state index in [9.17, 15) is 4.79 Å². The summed E-state index contributed by atoms with van der Waals surface area (Å²) in [6.07, 6.45) is 0. The maximum atomic E-state index is 11.6. The van der Waals surface area contributed by atoms with Crippen LogP contribution in [0.25, 0.3) is 11.4 Å². The van der Waals surface area contributed by atoms with E-state index in [1.807, 2.05) is 12.1 Å². The molecule has 2 rings (SSSR count). The van der Waals surface area contributed by atoms with Gasteiger partial charge >= 0.3 is 5.97 Å². The van der Waals surface area contributed by atoms with Gasteiger partial charge in [-0.25, -0.2) is 14.8 Å². The topological polar surface area (TPSA) is 78.1 Å². The van der Waals surface area contributed by atoms with Gasteiger partial charge < -0.3 is 10.5 Å². The summed E-state index contributed by atoms with van der Waals surface area (Å²) in [4.78, 5) is 19.9. The Morgan fingerprint density at radius 2 is 2.00 bits per heavy atom. The fourth-order valence-corrected chi connectivity index (χ4v) is 1.93. The summed E-state index contributed by atoms with van der Waals surface area (Å²) in [5.41, 5.74) is 7.09. The first-order chi connectivity index (χ1) is 9.04. The first-order valence-electron chi connectivity index (χ1n) is 5.52. The van der Waals surface area contributed by atoms with Crippen LogP contribution in [0.2, 0.25) is 5.02 Å². The molecule has 0 unspecified atom stereocenters. The summed E-state index contributed by atoms with van der Waals surface area (Å²) in [5, 5.41) is 0.520. The Hall–Kier alpha value is -2.14. The lowest BCUT2D eigenvalue weighted by molar-refractivity contribution is 0.0600. The molecule has 0 fully saturated rings. The first kappa shape index (κ1) is 13.3. The number of nitrogen functional groups attached to an aromatic ring is 1. The quantitative estimate of drug-likeness (QED) is 0.853. The van der Waals surface area contributed by atoms with Crippen molar-refractivity contribution in [3.63, 3.8) is 0 Å². The van der Waals surface area contributed by atoms with Crippen LogP contribution in [0.15, 0.2) is 24.3 Å². The zero-order chi connectivity index (χ0) is 14.0. The summed E-state index contributed by atoms with van der Waals surface area (Å²) in [5.74, 6) is -0.0942. The smallest absolute Gasteiger partial charge is 0.343 e. The number of benzene rings is 1. The molecule has 19 heavy (non-hydrogen) atoms. The van der Waals surface area contributed by atoms with Crippen molar-refractivity contribution in [1.29, 1.82) is 0 Å². The number of halogens is 1. The molecule has 5 nitrogen and oxygen atoms in total. The molecule has 0 atom stereocenters. The van der Waals surface area contributed by atoms with Crippen molar-refractivity contribution in [1.82, 2.24) is 9.97 Å². The molecular formula is C13H12ClN3O2. The number of nitrogens with two attached hydrogens (primary N) is 1. The van der Waals surface area contributed by atoms with Gasteiger partial charge in [0.25, 0.3) is 0 Å². The molecule has 0 spiro atoms. The van der Waals surface area contributed by atoms with Crippen LogP contribution in [0, 0.1) is 6.92 Å². The lowest BCUT2D eigenvalue weighted by atomic mass is 10.1. The van der Waals surface area contributed by atoms with E-state index in [2.05, 4.69) is 14.7 Å². The summed E-state index contributed by atoms with van der Waals surface area (Å²) < 4.78 is 4.64. The SMILES string of the molecule is COC(=O)c1c(C)nc(-c2ccccc2Cl)nc1N. The Morgan fingerprint density at radius 1 is 1.32 bits per heavy atom. The number of hydrogen-bond donors (Lipinski definition) is 1. The number of esters is 1. The van der Waals surface area contributed by atoms with Gasteiger partial charge in [0, 0.05) is 5.56 Å². The maximum Gasteiger partial charge on any atom is 0.343 e. The molecule has 1 aromatic carbocycles. The number of ether oxygens (including phenoxy) is 1. The number of hydrogen-bond acceptors (Lipinski definition) is 5. The number of carbonyl (C=O) groups is 1. The third-order valence-electron chi connectivity index (χ3n) is 2.62. The van der Waals surface area contributed by atoms with Gasteiger partial charge in [-0.1, -0.05) is 23.7 Å². The molecule has 0 aliphatic rings. The van der Waals surface area contributed by atoms with E-state index in [1.54, 1.807) is 19.1 Å². The second-order valence-corrected chi connectivity index (χ2v) is 4.27. The van der Waals surface area contributed by atoms with Crippen LogP contribution in [0.1, 0.15) is 16.1 Å². The Bertz CT molecular complexity index is 621. The predicted molar refractivity (Wildman–Crippen MR) is 73.0 cm³/mol. The van der Waals surface area contributed by atoms with Crippen LogP contribution in [0.5, 0.6) is 0 Å². The Balaban J connectivity index is 2.58. The van der Waals surface area contributed by atoms with Crippen LogP contribution in [0.3, 0.4) is 0 Å². The van der Waals surface area contributed by atoms with E-state index in [1.165, 1.54) is 7.11 Å². The second kappa shape index (κ2) is 5.24. The molecule has 2 aromatic rings. The second-order valence-electron chi connectivity index (χ2n) is 3.86. The summed E-state index contributed by atoms with van der Waals surface area (Å²) in [7, 11) is 1.28. The highest BCUT2D eigenvalue weighted by molar-refractivity contribution is 6.33. The summed E-state index contributed by atoms with van der Waals surface area (Å²) >= 11 is 6.08. The standard InChI is InChI=1S/C13H12ClN3O2/c1-7-10(13(18)19-2)11(15)17-12(16-7)8-5-3-4-6-9(8)14/h3-6H,1-2H3,(H2,15,16,17). The van der Waals surface area contributed by atoms with Crippen molar-refractivity contribution in [2.45, 2.75) is 6.92 Å². The molecule has 0 amide bonds. The minimum absolute atomic E-state index is 0.0780. The highest BCUT2D eigenvalue weighted by Gasteiger charge is 2.18. The Kier molecular flexibility index (Phi) is 3.66. The average Bonchev–Trinajstić information content (AvgIpc) is 2.38. The number of aromatic nitrogens is 2. The van der Waals surface area contributed by atoms with Crippen molar-refractivity contribution in [2.24, 2.45) is 0 Å². The minimum atomic E-state index is -0.555. The van der Waals surface area contributed by atoms with Crippen LogP contribution in [0.4, 0.5) is 5.82 Å². The number of nitrogens with zero attached hydrogens (tertiary/aromatic N) is 2.